The van der Waals surface area contributed by atoms with Crippen LogP contribution in [-0.2, 0) is 28.6 Å². The molecule has 69 heavy (non-hydrogen) atoms. The van der Waals surface area contributed by atoms with Crippen molar-refractivity contribution in [2.45, 2.75) is 113 Å². The van der Waals surface area contributed by atoms with Crippen molar-refractivity contribution < 1.29 is 62.3 Å². The number of ether oxygens (including phenoxy) is 5. The summed E-state index contributed by atoms with van der Waals surface area (Å²) in [5.74, 6) is -5.89. The smallest absolute Gasteiger partial charge is 0.310 e. The van der Waals surface area contributed by atoms with Crippen LogP contribution in [0.15, 0.2) is 62.3 Å². The lowest BCUT2D eigenvalue weighted by Gasteiger charge is -2.39. The first-order chi connectivity index (χ1) is 32.3. The van der Waals surface area contributed by atoms with E-state index >= 15 is 0 Å². The van der Waals surface area contributed by atoms with Crippen molar-refractivity contribution in [3.63, 3.8) is 0 Å². The van der Waals surface area contributed by atoms with Crippen molar-refractivity contribution in [3.8, 4) is 17.2 Å². The van der Waals surface area contributed by atoms with Gasteiger partial charge in [-0.05, 0) is 51.5 Å². The Balaban J connectivity index is 1.61. The predicted molar refractivity (Wildman–Crippen MR) is 261 cm³/mol. The van der Waals surface area contributed by atoms with Crippen LogP contribution in [0.3, 0.4) is 0 Å². The lowest BCUT2D eigenvalue weighted by molar-refractivity contribution is -0.855. The predicted octanol–water partition coefficient (Wildman–Crippen LogP) is 6.62. The molecule has 0 radical (unpaired) electrons. The number of amides is 2. The monoisotopic (exact) mass is 956 g/mol. The number of anilines is 1. The van der Waals surface area contributed by atoms with Crippen LogP contribution in [0.25, 0.3) is 38.7 Å². The lowest BCUT2D eigenvalue weighted by atomic mass is 9.73. The number of phenols is 1. The van der Waals surface area contributed by atoms with E-state index in [4.69, 9.17) is 33.1 Å². The van der Waals surface area contributed by atoms with Gasteiger partial charge in [0.2, 0.25) is 10.9 Å². The van der Waals surface area contributed by atoms with E-state index in [9.17, 15) is 39.3 Å². The minimum absolute atomic E-state index is 0.0445. The number of aromatic nitrogens is 1. The SMILES string of the molecule is CO[C@H]1/C=C/O[C@@]2(C)Oc3c(C)c(O)c4c(=O)c(c5oc6cc(OCC[N+](C)(C(C)=O)C(C)C)cc(=O)c6nc5c4c3=C2O)NC(=O)/C(C)=C\C=C\[C@H](C)[C@H](O)[C@@H](C)[C@@H](C)[C@@H](C)[C@H](OC(C)=O)[C@@H]1C. The zero-order chi connectivity index (χ0) is 51.2. The minimum Gasteiger partial charge on any atom is -0.507 e. The Morgan fingerprint density at radius 1 is 0.957 bits per heavy atom. The third-order valence-corrected chi connectivity index (χ3v) is 14.7. The maximum atomic E-state index is 14.9. The summed E-state index contributed by atoms with van der Waals surface area (Å²) in [6, 6.07) is 2.57. The minimum atomic E-state index is -1.98. The first-order valence-corrected chi connectivity index (χ1v) is 23.2. The van der Waals surface area contributed by atoms with Gasteiger partial charge in [-0.3, -0.25) is 23.7 Å². The zero-order valence-corrected chi connectivity index (χ0v) is 41.9. The van der Waals surface area contributed by atoms with E-state index < -0.39 is 75.9 Å². The fourth-order valence-electron chi connectivity index (χ4n) is 9.30. The topological polar surface area (TPSA) is 230 Å². The van der Waals surface area contributed by atoms with Crippen LogP contribution >= 0.6 is 0 Å². The highest BCUT2D eigenvalue weighted by molar-refractivity contribution is 6.16. The second kappa shape index (κ2) is 20.0. The van der Waals surface area contributed by atoms with Crippen LogP contribution in [-0.4, -0.2) is 100 Å². The summed E-state index contributed by atoms with van der Waals surface area (Å²) in [6.45, 7) is 21.0. The number of carbonyl (C=O) groups is 3. The van der Waals surface area contributed by atoms with E-state index in [-0.39, 0.29) is 102 Å². The number of hydrogen-bond donors (Lipinski definition) is 4. The Kier molecular flexibility index (Phi) is 15.1. The van der Waals surface area contributed by atoms with Gasteiger partial charge < -0.3 is 48.7 Å². The summed E-state index contributed by atoms with van der Waals surface area (Å²) in [5.41, 5.74) is -2.58. The third kappa shape index (κ3) is 9.68. The maximum Gasteiger partial charge on any atom is 0.310 e. The molecule has 17 nitrogen and oxygen atoms in total. The molecule has 3 heterocycles. The van der Waals surface area contributed by atoms with Crippen molar-refractivity contribution in [3.05, 3.63) is 79.5 Å². The van der Waals surface area contributed by atoms with Crippen molar-refractivity contribution in [2.24, 2.45) is 29.6 Å². The van der Waals surface area contributed by atoms with E-state index in [1.165, 1.54) is 66.2 Å². The number of rotatable bonds is 7. The molecular formula is C52H66N3O14+. The number of methoxy groups -OCH3 is 1. The van der Waals surface area contributed by atoms with Gasteiger partial charge in [-0.2, -0.15) is 0 Å². The summed E-state index contributed by atoms with van der Waals surface area (Å²) in [4.78, 5) is 72.6. The second-order valence-corrected chi connectivity index (χ2v) is 19.3. The third-order valence-electron chi connectivity index (χ3n) is 14.7. The van der Waals surface area contributed by atoms with Crippen LogP contribution in [0, 0.1) is 36.5 Å². The highest BCUT2D eigenvalue weighted by Crippen LogP contribution is 2.42. The molecule has 0 saturated heterocycles. The molecule has 0 fully saturated rings. The number of esters is 1. The number of phenolic OH excluding ortho intramolecular Hbond substituents is 1. The summed E-state index contributed by atoms with van der Waals surface area (Å²) in [7, 11) is 3.29. The van der Waals surface area contributed by atoms with Crippen LogP contribution in [0.2, 0.25) is 0 Å². The zero-order valence-electron chi connectivity index (χ0n) is 41.9. The second-order valence-electron chi connectivity index (χ2n) is 19.3. The number of hydrogen-bond acceptors (Lipinski definition) is 15. The van der Waals surface area contributed by atoms with Crippen LogP contribution < -0.4 is 30.9 Å². The number of fused-ring (bicyclic) bond motifs is 2. The number of aliphatic hydroxyl groups excluding tert-OH is 2. The van der Waals surface area contributed by atoms with Crippen LogP contribution in [0.5, 0.6) is 17.2 Å². The number of aromatic hydroxyl groups is 1. The van der Waals surface area contributed by atoms with E-state index in [1.807, 2.05) is 48.5 Å². The molecule has 4 N–H and O–H groups in total. The van der Waals surface area contributed by atoms with Gasteiger partial charge in [0.25, 0.3) is 5.91 Å². The van der Waals surface area contributed by atoms with Crippen molar-refractivity contribution >= 4 is 62.2 Å². The molecular weight excluding hydrogens is 891 g/mol. The molecule has 4 aromatic rings. The summed E-state index contributed by atoms with van der Waals surface area (Å²) >= 11 is 0. The Morgan fingerprint density at radius 3 is 2.26 bits per heavy atom. The molecule has 6 rings (SSSR count). The van der Waals surface area contributed by atoms with Crippen molar-refractivity contribution in [2.75, 3.05) is 32.6 Å². The highest BCUT2D eigenvalue weighted by Gasteiger charge is 2.44. The molecule has 2 aliphatic rings. The van der Waals surface area contributed by atoms with Gasteiger partial charge in [0, 0.05) is 61.4 Å². The quantitative estimate of drug-likeness (QED) is 0.0661. The number of quaternary nitrogens is 1. The van der Waals surface area contributed by atoms with E-state index in [2.05, 4.69) is 5.32 Å². The molecule has 3 aromatic carbocycles. The molecule has 0 spiro atoms. The molecule has 1 aromatic heterocycles. The number of nitrogens with one attached hydrogen (secondary N) is 1. The summed E-state index contributed by atoms with van der Waals surface area (Å²) < 4.78 is 36.7. The highest BCUT2D eigenvalue weighted by atomic mass is 16.7. The molecule has 17 heteroatoms. The van der Waals surface area contributed by atoms with Crippen LogP contribution in [0.4, 0.5) is 5.69 Å². The summed E-state index contributed by atoms with van der Waals surface area (Å²) in [6.07, 6.45) is 5.52. The molecule has 2 amide bonds. The van der Waals surface area contributed by atoms with Gasteiger partial charge in [-0.15, -0.1) is 0 Å². The normalized spacial score (nSPS) is 28.4. The molecule has 1 unspecified atom stereocenters. The first-order valence-electron chi connectivity index (χ1n) is 23.2. The van der Waals surface area contributed by atoms with Crippen molar-refractivity contribution in [1.29, 1.82) is 0 Å². The Hall–Kier alpha value is -6.30. The largest absolute Gasteiger partial charge is 0.507 e. The number of benzene rings is 3. The number of nitrogens with zero attached hydrogens (tertiary/aromatic N) is 2. The Labute approximate surface area is 400 Å². The number of aliphatic hydroxyl groups is 2. The average Bonchev–Trinajstić information content (AvgIpc) is 3.56. The average molecular weight is 957 g/mol. The molecule has 10 atom stereocenters. The first kappa shape index (κ1) is 52.1. The molecule has 0 aliphatic carbocycles. The number of allylic oxidation sites excluding steroid dienone is 2. The maximum absolute atomic E-state index is 14.9. The number of likely N-dealkylation sites (N-methyl/N-ethyl adjacent to an activating group) is 1. The lowest BCUT2D eigenvalue weighted by Crippen LogP contribution is -2.55. The molecule has 372 valence electrons. The van der Waals surface area contributed by atoms with Gasteiger partial charge >= 0.3 is 17.7 Å². The van der Waals surface area contributed by atoms with E-state index in [0.717, 1.165) is 0 Å². The number of carbonyl (C=O) groups excluding carboxylic acids is 3. The van der Waals surface area contributed by atoms with Gasteiger partial charge in [0.1, 0.15) is 47.7 Å². The van der Waals surface area contributed by atoms with Crippen molar-refractivity contribution in [1.82, 2.24) is 4.98 Å². The fraction of sp³-hybridized carbons (Fsp3) is 0.500. The molecule has 2 aliphatic heterocycles. The van der Waals surface area contributed by atoms with Gasteiger partial charge in [0.05, 0.1) is 49.1 Å². The van der Waals surface area contributed by atoms with Gasteiger partial charge in [0.15, 0.2) is 22.4 Å². The molecule has 0 saturated carbocycles. The Bertz CT molecular complexity index is 2980. The van der Waals surface area contributed by atoms with Gasteiger partial charge in [-0.25, -0.2) is 9.78 Å². The Morgan fingerprint density at radius 2 is 1.64 bits per heavy atom. The van der Waals surface area contributed by atoms with Gasteiger partial charge in [-0.1, -0.05) is 52.8 Å². The van der Waals surface area contributed by atoms with E-state index in [1.54, 1.807) is 25.3 Å². The fourth-order valence-corrected chi connectivity index (χ4v) is 9.30. The van der Waals surface area contributed by atoms with Crippen LogP contribution in [0.1, 0.15) is 81.7 Å². The van der Waals surface area contributed by atoms with E-state index in [0.29, 0.717) is 6.54 Å². The molecule has 4 bridgehead atoms. The standard InChI is InChI=1S/C52H65N3O14/c1-24(2)55(13,32(10)56)19-21-65-34-22-35(58)41-37(23-34)68-49-42(53-41)38-39-45(60)31(9)48-40(38)50(62)52(12,69-48)66-20-18-36(64-14)30(8)47(67-33(11)57)29(7)27(5)28(6)44(59)25(3)16-15-17-26(4)51(63)54-43(49)46(39)61/h15-18,20,22-25,27-30,36,44,47,59H,19,21H2,1-14H3,(H2-,53,54,58,60,61,62,63)/p+1/b16-15+,20-18+,26-17-/t25-,27+,28-,29+,30+,36-,44-,47-,52-,55?/m0/s1. The summed E-state index contributed by atoms with van der Waals surface area (Å²) in [5, 5.41) is 37.7.